The first kappa shape index (κ1) is 22.8. The number of carboxylic acids is 1. The fourth-order valence-electron chi connectivity index (χ4n) is 2.76. The van der Waals surface area contributed by atoms with E-state index in [1.807, 2.05) is 51.1 Å². The molecule has 1 aromatic carbocycles. The molecule has 0 atom stereocenters. The Hall–Kier alpha value is -2.89. The molecule has 0 aliphatic carbocycles. The fourth-order valence-corrected chi connectivity index (χ4v) is 4.10. The van der Waals surface area contributed by atoms with Gasteiger partial charge in [0.15, 0.2) is 11.5 Å². The number of benzene rings is 1. The SMILES string of the molecule is CC.Cc1oc(-c2ccc3c(c2)OCO3)nc1Cc1ccc(C#CCSCC(=O)O)s1. The highest BCUT2D eigenvalue weighted by atomic mass is 32.2. The summed E-state index contributed by atoms with van der Waals surface area (Å²) in [6, 6.07) is 9.65. The molecule has 1 aliphatic heterocycles. The van der Waals surface area contributed by atoms with Gasteiger partial charge in [-0.1, -0.05) is 25.7 Å². The molecule has 3 aromatic rings. The molecule has 0 amide bonds. The van der Waals surface area contributed by atoms with Crippen LogP contribution in [-0.2, 0) is 11.2 Å². The fraction of sp³-hybridized carbons (Fsp3) is 0.304. The van der Waals surface area contributed by atoms with Gasteiger partial charge in [-0.25, -0.2) is 4.98 Å². The Kier molecular flexibility index (Phi) is 8.04. The lowest BCUT2D eigenvalue weighted by Gasteiger charge is -1.98. The Morgan fingerprint density at radius 3 is 2.84 bits per heavy atom. The lowest BCUT2D eigenvalue weighted by atomic mass is 10.2. The zero-order valence-electron chi connectivity index (χ0n) is 17.6. The van der Waals surface area contributed by atoms with Crippen molar-refractivity contribution in [3.8, 4) is 34.8 Å². The molecule has 1 aliphatic rings. The van der Waals surface area contributed by atoms with E-state index in [0.717, 1.165) is 32.5 Å². The van der Waals surface area contributed by atoms with E-state index in [0.29, 0.717) is 23.8 Å². The van der Waals surface area contributed by atoms with E-state index in [-0.39, 0.29) is 12.5 Å². The summed E-state index contributed by atoms with van der Waals surface area (Å²) in [4.78, 5) is 17.2. The third-order valence-corrected chi connectivity index (χ3v) is 5.93. The number of fused-ring (bicyclic) bond motifs is 1. The van der Waals surface area contributed by atoms with Gasteiger partial charge in [0.1, 0.15) is 5.76 Å². The summed E-state index contributed by atoms with van der Waals surface area (Å²) in [6.07, 6.45) is 0.667. The number of rotatable bonds is 6. The average Bonchev–Trinajstić information content (AvgIpc) is 3.49. The van der Waals surface area contributed by atoms with Crippen LogP contribution >= 0.6 is 23.1 Å². The third kappa shape index (κ3) is 6.06. The monoisotopic (exact) mass is 457 g/mol. The second-order valence-electron chi connectivity index (χ2n) is 6.22. The lowest BCUT2D eigenvalue weighted by Crippen LogP contribution is -1.97. The average molecular weight is 458 g/mol. The van der Waals surface area contributed by atoms with E-state index in [9.17, 15) is 4.79 Å². The number of carbonyl (C=O) groups is 1. The first-order valence-electron chi connectivity index (χ1n) is 9.82. The molecule has 0 radical (unpaired) electrons. The predicted octanol–water partition coefficient (Wildman–Crippen LogP) is 5.23. The Labute approximate surface area is 189 Å². The molecule has 0 bridgehead atoms. The minimum Gasteiger partial charge on any atom is -0.481 e. The van der Waals surface area contributed by atoms with Crippen LogP contribution in [-0.4, -0.2) is 34.4 Å². The van der Waals surface area contributed by atoms with Crippen LogP contribution in [0.5, 0.6) is 11.5 Å². The molecule has 0 saturated heterocycles. The smallest absolute Gasteiger partial charge is 0.313 e. The van der Waals surface area contributed by atoms with Gasteiger partial charge in [-0.2, -0.15) is 0 Å². The summed E-state index contributed by atoms with van der Waals surface area (Å²) in [6.45, 7) is 6.14. The van der Waals surface area contributed by atoms with Crippen LogP contribution in [0.2, 0.25) is 0 Å². The number of ether oxygens (including phenoxy) is 2. The zero-order valence-corrected chi connectivity index (χ0v) is 19.2. The molecule has 0 spiro atoms. The van der Waals surface area contributed by atoms with Gasteiger partial charge >= 0.3 is 5.97 Å². The number of carboxylic acid groups (broad SMARTS) is 1. The molecule has 1 N–H and O–H groups in total. The van der Waals surface area contributed by atoms with Gasteiger partial charge in [0.2, 0.25) is 12.7 Å². The van der Waals surface area contributed by atoms with Crippen molar-refractivity contribution >= 4 is 29.1 Å². The highest BCUT2D eigenvalue weighted by Gasteiger charge is 2.18. The minimum absolute atomic E-state index is 0.0709. The van der Waals surface area contributed by atoms with Gasteiger partial charge < -0.3 is 19.0 Å². The highest BCUT2D eigenvalue weighted by Crippen LogP contribution is 2.36. The van der Waals surface area contributed by atoms with Crippen molar-refractivity contribution in [1.29, 1.82) is 0 Å². The molecule has 2 aromatic heterocycles. The van der Waals surface area contributed by atoms with Crippen LogP contribution in [0.25, 0.3) is 11.5 Å². The van der Waals surface area contributed by atoms with Crippen molar-refractivity contribution in [2.24, 2.45) is 0 Å². The van der Waals surface area contributed by atoms with Crippen molar-refractivity contribution in [3.63, 3.8) is 0 Å². The van der Waals surface area contributed by atoms with Crippen molar-refractivity contribution < 1.29 is 23.8 Å². The van der Waals surface area contributed by atoms with E-state index < -0.39 is 5.97 Å². The van der Waals surface area contributed by atoms with Crippen LogP contribution in [0.4, 0.5) is 0 Å². The molecule has 4 rings (SSSR count). The second kappa shape index (κ2) is 10.9. The summed E-state index contributed by atoms with van der Waals surface area (Å²) < 4.78 is 16.6. The molecule has 0 saturated carbocycles. The van der Waals surface area contributed by atoms with Gasteiger partial charge in [0.05, 0.1) is 22.1 Å². The van der Waals surface area contributed by atoms with Gasteiger partial charge in [0, 0.05) is 16.9 Å². The van der Waals surface area contributed by atoms with E-state index in [1.54, 1.807) is 11.3 Å². The van der Waals surface area contributed by atoms with Crippen LogP contribution in [0.3, 0.4) is 0 Å². The Morgan fingerprint density at radius 1 is 1.23 bits per heavy atom. The van der Waals surface area contributed by atoms with Crippen molar-refractivity contribution in [2.75, 3.05) is 18.3 Å². The normalized spacial score (nSPS) is 11.3. The Morgan fingerprint density at radius 2 is 2.03 bits per heavy atom. The number of thiophene rings is 1. The molecular formula is C23H23NO5S2. The van der Waals surface area contributed by atoms with Crippen molar-refractivity contribution in [3.05, 3.63) is 51.5 Å². The van der Waals surface area contributed by atoms with Crippen molar-refractivity contribution in [1.82, 2.24) is 4.98 Å². The number of aromatic nitrogens is 1. The van der Waals surface area contributed by atoms with Crippen LogP contribution < -0.4 is 9.47 Å². The van der Waals surface area contributed by atoms with Gasteiger partial charge in [0.25, 0.3) is 0 Å². The van der Waals surface area contributed by atoms with Crippen LogP contribution in [0, 0.1) is 18.8 Å². The minimum atomic E-state index is -0.821. The predicted molar refractivity (Wildman–Crippen MR) is 123 cm³/mol. The number of aryl methyl sites for hydroxylation is 1. The molecule has 162 valence electrons. The molecule has 31 heavy (non-hydrogen) atoms. The maximum atomic E-state index is 10.5. The van der Waals surface area contributed by atoms with Crippen LogP contribution in [0.15, 0.2) is 34.7 Å². The van der Waals surface area contributed by atoms with E-state index in [4.69, 9.17) is 19.0 Å². The third-order valence-electron chi connectivity index (χ3n) is 4.13. The van der Waals surface area contributed by atoms with E-state index >= 15 is 0 Å². The number of oxazole rings is 1. The Balaban J connectivity index is 0.00000132. The topological polar surface area (TPSA) is 81.8 Å². The molecule has 6 nitrogen and oxygen atoms in total. The quantitative estimate of drug-likeness (QED) is 0.401. The maximum Gasteiger partial charge on any atom is 0.313 e. The van der Waals surface area contributed by atoms with Crippen LogP contribution in [0.1, 0.15) is 35.1 Å². The highest BCUT2D eigenvalue weighted by molar-refractivity contribution is 8.00. The summed E-state index contributed by atoms with van der Waals surface area (Å²) in [5.74, 6) is 8.59. The summed E-state index contributed by atoms with van der Waals surface area (Å²) >= 11 is 2.90. The first-order chi connectivity index (χ1) is 15.1. The number of aliphatic carboxylic acids is 1. The first-order valence-corrected chi connectivity index (χ1v) is 11.8. The van der Waals surface area contributed by atoms with Crippen molar-refractivity contribution in [2.45, 2.75) is 27.2 Å². The Bertz CT molecular complexity index is 1110. The van der Waals surface area contributed by atoms with Gasteiger partial charge in [-0.15, -0.1) is 23.1 Å². The second-order valence-corrected chi connectivity index (χ2v) is 8.37. The molecular weight excluding hydrogens is 434 g/mol. The van der Waals surface area contributed by atoms with Gasteiger partial charge in [-0.05, 0) is 37.3 Å². The summed E-state index contributed by atoms with van der Waals surface area (Å²) in [7, 11) is 0. The molecule has 0 unspecified atom stereocenters. The summed E-state index contributed by atoms with van der Waals surface area (Å²) in [5.41, 5.74) is 1.73. The summed E-state index contributed by atoms with van der Waals surface area (Å²) in [5, 5.41) is 8.62. The number of nitrogens with zero attached hydrogens (tertiary/aromatic N) is 1. The lowest BCUT2D eigenvalue weighted by molar-refractivity contribution is -0.133. The van der Waals surface area contributed by atoms with Gasteiger partial charge in [-0.3, -0.25) is 4.79 Å². The number of hydrogen-bond acceptors (Lipinski definition) is 7. The number of hydrogen-bond donors (Lipinski definition) is 1. The zero-order chi connectivity index (χ0) is 22.2. The largest absolute Gasteiger partial charge is 0.481 e. The molecule has 0 fully saturated rings. The van der Waals surface area contributed by atoms with E-state index in [2.05, 4.69) is 16.8 Å². The molecule has 8 heteroatoms. The number of thioether (sulfide) groups is 1. The standard InChI is InChI=1S/C21H17NO5S2.C2H6/c1-13-17(10-16-6-5-15(29-16)3-2-8-28-11-20(23)24)22-21(27-13)14-4-7-18-19(9-14)26-12-25-18;1-2/h4-7,9H,8,10-12H2,1H3,(H,23,24);1-2H3. The molecule has 3 heterocycles. The van der Waals surface area contributed by atoms with E-state index in [1.165, 1.54) is 11.8 Å². The maximum absolute atomic E-state index is 10.5.